The first-order valence-corrected chi connectivity index (χ1v) is 20.5. The molecule has 3 N–H and O–H groups in total. The van der Waals surface area contributed by atoms with Gasteiger partial charge in [0.25, 0.3) is 5.91 Å². The monoisotopic (exact) mass is 767 g/mol. The highest BCUT2D eigenvalue weighted by molar-refractivity contribution is 7.91. The summed E-state index contributed by atoms with van der Waals surface area (Å²) in [7, 11) is -4.00. The number of nitrogens with one attached hydrogen (secondary N) is 3. The molecule has 2 aliphatic carbocycles. The van der Waals surface area contributed by atoms with E-state index in [0.717, 1.165) is 18.4 Å². The standard InChI is InChI=1S/C39H50FN5O8S/c1-23-31-26(25-13-11-14-27(40)30(25)41-23)16-17-38(52-31)21-29-32(46)43-39(34(48)44-54(50,51)37(5)18-19-37)20-24(39)12-9-7-6-8-10-15-28(33(47)45(29)22-38)42-35(49)53-36(2,3)4/h9,11-14,24,28-29H,6-8,10,15-22H2,1-5H3,(H,42,49)(H,43,46)(H,44,48)/b12-9-/t24-,28-,29-,38+,39+/m0/s1. The Labute approximate surface area is 315 Å². The minimum absolute atomic E-state index is 0.00819. The van der Waals surface area contributed by atoms with Crippen LogP contribution < -0.4 is 20.1 Å². The van der Waals surface area contributed by atoms with Crippen molar-refractivity contribution in [1.29, 1.82) is 0 Å². The largest absolute Gasteiger partial charge is 0.483 e. The highest BCUT2D eigenvalue weighted by Crippen LogP contribution is 2.49. The number of alkyl carbamates (subject to hydrolysis) is 1. The number of rotatable bonds is 4. The van der Waals surface area contributed by atoms with Crippen LogP contribution in [0.2, 0.25) is 0 Å². The molecule has 0 radical (unpaired) electrons. The van der Waals surface area contributed by atoms with Crippen molar-refractivity contribution in [1.82, 2.24) is 25.2 Å². The third-order valence-electron chi connectivity index (χ3n) is 11.6. The number of pyridine rings is 1. The van der Waals surface area contributed by atoms with E-state index in [1.165, 1.54) is 11.0 Å². The third-order valence-corrected chi connectivity index (χ3v) is 13.8. The number of ether oxygens (including phenoxy) is 2. The Morgan fingerprint density at radius 2 is 1.87 bits per heavy atom. The molecule has 1 aromatic carbocycles. The minimum Gasteiger partial charge on any atom is -0.483 e. The molecule has 1 spiro atoms. The van der Waals surface area contributed by atoms with Crippen LogP contribution in [-0.2, 0) is 35.6 Å². The van der Waals surface area contributed by atoms with Crippen LogP contribution in [0.15, 0.2) is 30.4 Å². The molecule has 292 valence electrons. The lowest BCUT2D eigenvalue weighted by Crippen LogP contribution is -2.58. The number of sulfonamides is 1. The van der Waals surface area contributed by atoms with E-state index < -0.39 is 79.1 Å². The van der Waals surface area contributed by atoms with E-state index in [1.807, 2.05) is 12.2 Å². The molecule has 13 nitrogen and oxygen atoms in total. The number of carbonyl (C=O) groups excluding carboxylic acids is 4. The van der Waals surface area contributed by atoms with Crippen molar-refractivity contribution in [2.75, 3.05) is 6.54 Å². The average Bonchev–Trinajstić information content (AvgIpc) is 3.98. The zero-order valence-corrected chi connectivity index (χ0v) is 32.4. The van der Waals surface area contributed by atoms with Gasteiger partial charge in [-0.25, -0.2) is 22.6 Å². The molecule has 4 heterocycles. The first-order chi connectivity index (χ1) is 25.4. The summed E-state index contributed by atoms with van der Waals surface area (Å²) in [4.78, 5) is 62.1. The molecule has 1 saturated heterocycles. The number of benzene rings is 1. The van der Waals surface area contributed by atoms with Gasteiger partial charge in [-0.2, -0.15) is 0 Å². The summed E-state index contributed by atoms with van der Waals surface area (Å²) in [5.41, 5.74) is -1.90. The van der Waals surface area contributed by atoms with Crippen molar-refractivity contribution >= 4 is 44.7 Å². The molecule has 2 saturated carbocycles. The summed E-state index contributed by atoms with van der Waals surface area (Å²) >= 11 is 0. The van der Waals surface area contributed by atoms with Crippen molar-refractivity contribution in [2.45, 2.75) is 139 Å². The summed E-state index contributed by atoms with van der Waals surface area (Å²) in [6, 6.07) is 2.62. The van der Waals surface area contributed by atoms with Crippen LogP contribution >= 0.6 is 0 Å². The number of hydrogen-bond acceptors (Lipinski definition) is 9. The number of aromatic nitrogens is 1. The highest BCUT2D eigenvalue weighted by atomic mass is 32.2. The van der Waals surface area contributed by atoms with E-state index in [4.69, 9.17) is 9.47 Å². The number of halogens is 1. The van der Waals surface area contributed by atoms with Gasteiger partial charge in [0.15, 0.2) is 0 Å². The number of hydrogen-bond donors (Lipinski definition) is 3. The fourth-order valence-electron chi connectivity index (χ4n) is 8.13. The van der Waals surface area contributed by atoms with E-state index in [9.17, 15) is 32.0 Å². The number of amides is 4. The van der Waals surface area contributed by atoms with Gasteiger partial charge in [-0.3, -0.25) is 19.1 Å². The molecule has 15 heteroatoms. The second-order valence-corrected chi connectivity index (χ2v) is 19.2. The van der Waals surface area contributed by atoms with Crippen LogP contribution in [0.1, 0.15) is 103 Å². The Hall–Kier alpha value is -4.27. The number of fused-ring (bicyclic) bond motifs is 5. The predicted molar refractivity (Wildman–Crippen MR) is 197 cm³/mol. The molecule has 0 unspecified atom stereocenters. The molecular formula is C39H50FN5O8S. The van der Waals surface area contributed by atoms with Gasteiger partial charge in [-0.15, -0.1) is 0 Å². The summed E-state index contributed by atoms with van der Waals surface area (Å²) in [5, 5.41) is 6.30. The van der Waals surface area contributed by atoms with E-state index >= 15 is 0 Å². The molecule has 5 aliphatic rings. The number of allylic oxidation sites excluding steroid dienone is 1. The Bertz CT molecular complexity index is 2050. The third kappa shape index (κ3) is 7.15. The molecule has 7 rings (SSSR count). The number of para-hydroxylation sites is 1. The average molecular weight is 768 g/mol. The molecule has 5 atom stereocenters. The van der Waals surface area contributed by atoms with Crippen LogP contribution in [0.25, 0.3) is 10.9 Å². The molecule has 4 amide bonds. The van der Waals surface area contributed by atoms with Gasteiger partial charge in [0.1, 0.15) is 45.9 Å². The van der Waals surface area contributed by atoms with E-state index in [1.54, 1.807) is 46.8 Å². The van der Waals surface area contributed by atoms with Gasteiger partial charge in [-0.1, -0.05) is 37.1 Å². The van der Waals surface area contributed by atoms with Crippen molar-refractivity contribution in [3.63, 3.8) is 0 Å². The molecule has 54 heavy (non-hydrogen) atoms. The van der Waals surface area contributed by atoms with E-state index in [-0.39, 0.29) is 24.9 Å². The van der Waals surface area contributed by atoms with Crippen LogP contribution in [0.3, 0.4) is 0 Å². The predicted octanol–water partition coefficient (Wildman–Crippen LogP) is 4.63. The van der Waals surface area contributed by atoms with Crippen molar-refractivity contribution in [2.24, 2.45) is 5.92 Å². The maximum Gasteiger partial charge on any atom is 0.408 e. The van der Waals surface area contributed by atoms with Crippen LogP contribution in [-0.4, -0.2) is 82.2 Å². The zero-order chi connectivity index (χ0) is 38.8. The lowest BCUT2D eigenvalue weighted by atomic mass is 9.87. The summed E-state index contributed by atoms with van der Waals surface area (Å²) in [5.74, 6) is -2.35. The molecule has 3 aliphatic heterocycles. The first kappa shape index (κ1) is 38.0. The second kappa shape index (κ2) is 13.5. The van der Waals surface area contributed by atoms with Gasteiger partial charge in [0, 0.05) is 23.3 Å². The van der Waals surface area contributed by atoms with Gasteiger partial charge >= 0.3 is 6.09 Å². The number of carbonyl (C=O) groups is 4. The Morgan fingerprint density at radius 1 is 1.11 bits per heavy atom. The summed E-state index contributed by atoms with van der Waals surface area (Å²) in [6.45, 7) is 8.48. The van der Waals surface area contributed by atoms with Crippen molar-refractivity contribution < 1.29 is 41.5 Å². The fraction of sp³-hybridized carbons (Fsp3) is 0.615. The highest BCUT2D eigenvalue weighted by Gasteiger charge is 2.64. The van der Waals surface area contributed by atoms with Gasteiger partial charge in [-0.05, 0) is 92.1 Å². The molecule has 3 fully saturated rings. The Kier molecular flexibility index (Phi) is 9.50. The normalized spacial score (nSPS) is 30.0. The van der Waals surface area contributed by atoms with Gasteiger partial charge in [0.05, 0.1) is 17.0 Å². The van der Waals surface area contributed by atoms with Crippen LogP contribution in [0.4, 0.5) is 9.18 Å². The van der Waals surface area contributed by atoms with Crippen molar-refractivity contribution in [3.8, 4) is 5.75 Å². The maximum atomic E-state index is 14.8. The number of aryl methyl sites for hydroxylation is 2. The smallest absolute Gasteiger partial charge is 0.408 e. The van der Waals surface area contributed by atoms with Crippen LogP contribution in [0, 0.1) is 18.7 Å². The fourth-order valence-corrected chi connectivity index (χ4v) is 9.44. The maximum absolute atomic E-state index is 14.8. The topological polar surface area (TPSA) is 173 Å². The quantitative estimate of drug-likeness (QED) is 0.375. The lowest BCUT2D eigenvalue weighted by Gasteiger charge is -2.36. The summed E-state index contributed by atoms with van der Waals surface area (Å²) < 4.78 is 54.6. The lowest BCUT2D eigenvalue weighted by molar-refractivity contribution is -0.141. The van der Waals surface area contributed by atoms with Gasteiger partial charge in [0.2, 0.25) is 21.8 Å². The Balaban J connectivity index is 1.24. The van der Waals surface area contributed by atoms with E-state index in [0.29, 0.717) is 61.8 Å². The molecular weight excluding hydrogens is 718 g/mol. The van der Waals surface area contributed by atoms with Crippen LogP contribution in [0.5, 0.6) is 5.75 Å². The molecule has 1 aromatic heterocycles. The van der Waals surface area contributed by atoms with Gasteiger partial charge < -0.3 is 25.0 Å². The summed E-state index contributed by atoms with van der Waals surface area (Å²) in [6.07, 6.45) is 8.14. The second-order valence-electron chi connectivity index (χ2n) is 17.0. The number of nitrogens with zero attached hydrogens (tertiary/aromatic N) is 2. The SMILES string of the molecule is Cc1nc2c(F)cccc2c2c1O[C@]1(CC2)C[C@H]2C(=O)N[C@]3(C(=O)NS(=O)(=O)C4(C)CC4)C[C@@H]3/C=C\CCCCC[C@H](NC(=O)OC(C)(C)C)C(=O)N2C1. The van der Waals surface area contributed by atoms with E-state index in [2.05, 4.69) is 20.3 Å². The Morgan fingerprint density at radius 3 is 2.59 bits per heavy atom. The van der Waals surface area contributed by atoms with Crippen molar-refractivity contribution in [3.05, 3.63) is 47.4 Å². The minimum atomic E-state index is -4.00. The molecule has 2 aromatic rings. The first-order valence-electron chi connectivity index (χ1n) is 19.0. The zero-order valence-electron chi connectivity index (χ0n) is 31.6. The molecule has 0 bridgehead atoms.